The smallest absolute Gasteiger partial charge is 0.475 e. The van der Waals surface area contributed by atoms with Gasteiger partial charge >= 0.3 is 12.1 Å². The molecule has 12 heteroatoms. The Bertz CT molecular complexity index is 1270. The van der Waals surface area contributed by atoms with Crippen molar-refractivity contribution < 1.29 is 27.9 Å². The Morgan fingerprint density at radius 2 is 1.94 bits per heavy atom. The van der Waals surface area contributed by atoms with Crippen molar-refractivity contribution in [1.29, 1.82) is 0 Å². The molecule has 1 saturated heterocycles. The summed E-state index contributed by atoms with van der Waals surface area (Å²) in [5.74, 6) is -1.19. The summed E-state index contributed by atoms with van der Waals surface area (Å²) in [6, 6.07) is 8.45. The van der Waals surface area contributed by atoms with E-state index in [9.17, 15) is 18.0 Å². The van der Waals surface area contributed by atoms with Crippen LogP contribution < -0.4 is 4.90 Å². The number of carbonyl (C=O) groups excluding carboxylic acids is 1. The number of pyridine rings is 1. The fourth-order valence-electron chi connectivity index (χ4n) is 4.78. The van der Waals surface area contributed by atoms with Gasteiger partial charge in [0.05, 0.1) is 22.6 Å². The van der Waals surface area contributed by atoms with Gasteiger partial charge < -0.3 is 19.5 Å². The van der Waals surface area contributed by atoms with Gasteiger partial charge in [-0.3, -0.25) is 4.79 Å². The van der Waals surface area contributed by atoms with Crippen LogP contribution in [0.5, 0.6) is 0 Å². The van der Waals surface area contributed by atoms with E-state index in [4.69, 9.17) is 9.90 Å². The molecule has 2 aliphatic rings. The molecule has 192 valence electrons. The number of carbonyl (C=O) groups is 2. The van der Waals surface area contributed by atoms with Gasteiger partial charge in [-0.1, -0.05) is 13.8 Å². The number of amides is 1. The van der Waals surface area contributed by atoms with Gasteiger partial charge in [-0.05, 0) is 43.5 Å². The monoisotopic (exact) mass is 521 g/mol. The SMILES string of the molecule is Cc1ncsc1C(=O)N1CCC2(C1)c1cccn1-c1ncccc1N2CC(C)C.O=C(O)C(F)(F)F. The molecular formula is C24H26F3N5O3S. The summed E-state index contributed by atoms with van der Waals surface area (Å²) >= 11 is 1.44. The number of nitrogens with zero attached hydrogens (tertiary/aromatic N) is 5. The number of thiazole rings is 1. The van der Waals surface area contributed by atoms with Crippen LogP contribution in [0.1, 0.15) is 41.3 Å². The second kappa shape index (κ2) is 9.57. The maximum Gasteiger partial charge on any atom is 0.490 e. The van der Waals surface area contributed by atoms with E-state index in [0.717, 1.165) is 41.6 Å². The normalized spacial score (nSPS) is 18.6. The van der Waals surface area contributed by atoms with E-state index >= 15 is 0 Å². The lowest BCUT2D eigenvalue weighted by Crippen LogP contribution is -2.54. The van der Waals surface area contributed by atoms with Crippen LogP contribution in [0.3, 0.4) is 0 Å². The molecule has 5 heterocycles. The number of halogens is 3. The number of alkyl halides is 3. The van der Waals surface area contributed by atoms with Crippen molar-refractivity contribution in [2.24, 2.45) is 5.92 Å². The third-order valence-corrected chi connectivity index (χ3v) is 7.21. The summed E-state index contributed by atoms with van der Waals surface area (Å²) in [5, 5.41) is 7.12. The lowest BCUT2D eigenvalue weighted by molar-refractivity contribution is -0.192. The van der Waals surface area contributed by atoms with Crippen LogP contribution in [0.15, 0.2) is 42.2 Å². The van der Waals surface area contributed by atoms with Crippen molar-refractivity contribution in [2.75, 3.05) is 24.5 Å². The highest BCUT2D eigenvalue weighted by molar-refractivity contribution is 7.11. The summed E-state index contributed by atoms with van der Waals surface area (Å²) < 4.78 is 33.9. The maximum atomic E-state index is 13.2. The van der Waals surface area contributed by atoms with E-state index in [-0.39, 0.29) is 11.4 Å². The molecule has 1 spiro atoms. The molecule has 3 aromatic heterocycles. The Morgan fingerprint density at radius 1 is 1.22 bits per heavy atom. The fourth-order valence-corrected chi connectivity index (χ4v) is 5.55. The van der Waals surface area contributed by atoms with E-state index in [1.54, 1.807) is 5.51 Å². The van der Waals surface area contributed by atoms with Gasteiger partial charge in [0.2, 0.25) is 0 Å². The van der Waals surface area contributed by atoms with Crippen molar-refractivity contribution in [1.82, 2.24) is 19.4 Å². The number of hydrogen-bond acceptors (Lipinski definition) is 6. The Morgan fingerprint density at radius 3 is 2.56 bits per heavy atom. The van der Waals surface area contributed by atoms with Gasteiger partial charge in [-0.2, -0.15) is 13.2 Å². The van der Waals surface area contributed by atoms with Gasteiger partial charge in [0.15, 0.2) is 5.82 Å². The number of aryl methyl sites for hydroxylation is 1. The third-order valence-electron chi connectivity index (χ3n) is 6.29. The Kier molecular flexibility index (Phi) is 6.82. The molecule has 2 aliphatic heterocycles. The molecule has 0 aliphatic carbocycles. The molecule has 8 nitrogen and oxygen atoms in total. The zero-order valence-electron chi connectivity index (χ0n) is 20.0. The van der Waals surface area contributed by atoms with E-state index in [1.165, 1.54) is 17.0 Å². The first kappa shape index (κ1) is 25.7. The maximum absolute atomic E-state index is 13.2. The molecular weight excluding hydrogens is 495 g/mol. The summed E-state index contributed by atoms with van der Waals surface area (Å²) in [6.45, 7) is 8.74. The third kappa shape index (κ3) is 4.57. The Balaban J connectivity index is 0.000000384. The van der Waals surface area contributed by atoms with Crippen LogP contribution in [0.2, 0.25) is 0 Å². The van der Waals surface area contributed by atoms with Crippen LogP contribution in [0.4, 0.5) is 18.9 Å². The van der Waals surface area contributed by atoms with Gasteiger partial charge in [0.25, 0.3) is 5.91 Å². The topological polar surface area (TPSA) is 91.6 Å². The van der Waals surface area contributed by atoms with Crippen molar-refractivity contribution in [3.8, 4) is 5.82 Å². The molecule has 1 unspecified atom stereocenters. The summed E-state index contributed by atoms with van der Waals surface area (Å²) in [5.41, 5.74) is 4.71. The largest absolute Gasteiger partial charge is 0.490 e. The van der Waals surface area contributed by atoms with Crippen LogP contribution in [-0.2, 0) is 10.3 Å². The summed E-state index contributed by atoms with van der Waals surface area (Å²) in [4.78, 5) is 36.4. The molecule has 1 N–H and O–H groups in total. The standard InChI is InChI=1S/C22H25N5OS.C2HF3O2/c1-15(2)12-27-17-6-4-9-23-20(17)26-10-5-7-18(26)22(27)8-11-25(13-22)21(28)19-16(3)24-14-29-19;3-2(4,5)1(6)7/h4-7,9-10,14-15H,8,11-13H2,1-3H3;(H,6,7). The second-order valence-electron chi connectivity index (χ2n) is 9.19. The summed E-state index contributed by atoms with van der Waals surface area (Å²) in [6.07, 6.45) is -0.236. The van der Waals surface area contributed by atoms with Gasteiger partial charge in [-0.25, -0.2) is 14.8 Å². The second-order valence-corrected chi connectivity index (χ2v) is 10.0. The van der Waals surface area contributed by atoms with Crippen molar-refractivity contribution in [3.05, 3.63) is 58.4 Å². The molecule has 1 amide bonds. The number of likely N-dealkylation sites (tertiary alicyclic amines) is 1. The molecule has 0 radical (unpaired) electrons. The quantitative estimate of drug-likeness (QED) is 0.546. The number of rotatable bonds is 3. The predicted molar refractivity (Wildman–Crippen MR) is 128 cm³/mol. The van der Waals surface area contributed by atoms with Crippen LogP contribution in [0, 0.1) is 12.8 Å². The number of carboxylic acids is 1. The minimum absolute atomic E-state index is 0.0986. The van der Waals surface area contributed by atoms with E-state index in [2.05, 4.69) is 57.7 Å². The lowest BCUT2D eigenvalue weighted by atomic mass is 9.88. The highest BCUT2D eigenvalue weighted by Gasteiger charge is 2.51. The van der Waals surface area contributed by atoms with Gasteiger partial charge in [0, 0.05) is 32.0 Å². The first-order valence-electron chi connectivity index (χ1n) is 11.4. The molecule has 5 rings (SSSR count). The van der Waals surface area contributed by atoms with Crippen LogP contribution in [0.25, 0.3) is 5.82 Å². The van der Waals surface area contributed by atoms with Crippen LogP contribution in [-0.4, -0.2) is 62.2 Å². The zero-order chi connectivity index (χ0) is 26.3. The molecule has 0 saturated carbocycles. The first-order valence-corrected chi connectivity index (χ1v) is 12.2. The average molecular weight is 522 g/mol. The highest BCUT2D eigenvalue weighted by Crippen LogP contribution is 2.47. The lowest BCUT2D eigenvalue weighted by Gasteiger charge is -2.47. The van der Waals surface area contributed by atoms with Crippen LogP contribution >= 0.6 is 11.3 Å². The number of hydrogen-bond donors (Lipinski definition) is 1. The number of aliphatic carboxylic acids is 1. The zero-order valence-corrected chi connectivity index (χ0v) is 20.8. The minimum Gasteiger partial charge on any atom is -0.475 e. The Hall–Kier alpha value is -3.41. The predicted octanol–water partition coefficient (Wildman–Crippen LogP) is 4.49. The average Bonchev–Trinajstić information content (AvgIpc) is 3.56. The van der Waals surface area contributed by atoms with Crippen molar-refractivity contribution in [2.45, 2.75) is 38.9 Å². The molecule has 0 aromatic carbocycles. The first-order chi connectivity index (χ1) is 17.0. The molecule has 3 aromatic rings. The number of aromatic nitrogens is 3. The van der Waals surface area contributed by atoms with Crippen molar-refractivity contribution >= 4 is 28.9 Å². The van der Waals surface area contributed by atoms with Gasteiger partial charge in [0.1, 0.15) is 10.4 Å². The van der Waals surface area contributed by atoms with E-state index in [0.29, 0.717) is 12.5 Å². The minimum atomic E-state index is -5.08. The van der Waals surface area contributed by atoms with Crippen molar-refractivity contribution in [3.63, 3.8) is 0 Å². The molecule has 1 fully saturated rings. The molecule has 36 heavy (non-hydrogen) atoms. The molecule has 0 bridgehead atoms. The number of anilines is 1. The van der Waals surface area contributed by atoms with Gasteiger partial charge in [-0.15, -0.1) is 11.3 Å². The summed E-state index contributed by atoms with van der Waals surface area (Å²) in [7, 11) is 0. The van der Waals surface area contributed by atoms with E-state index < -0.39 is 12.1 Å². The number of carboxylic acid groups (broad SMARTS) is 1. The molecule has 1 atom stereocenters. The number of fused-ring (bicyclic) bond motifs is 4. The van der Waals surface area contributed by atoms with E-state index in [1.807, 2.05) is 24.1 Å². The Labute approximate surface area is 210 Å². The highest BCUT2D eigenvalue weighted by atomic mass is 32.1. The fraction of sp³-hybridized carbons (Fsp3) is 0.417.